The smallest absolute Gasteiger partial charge is 0.251 e. The molecule has 6 nitrogen and oxygen atoms in total. The fraction of sp³-hybridized carbons (Fsp3) is 0.500. The van der Waals surface area contributed by atoms with Gasteiger partial charge in [-0.25, -0.2) is 8.42 Å². The zero-order chi connectivity index (χ0) is 24.0. The maximum Gasteiger partial charge on any atom is 0.251 e. The van der Waals surface area contributed by atoms with E-state index in [-0.39, 0.29) is 15.8 Å². The summed E-state index contributed by atoms with van der Waals surface area (Å²) in [4.78, 5) is 15.4. The van der Waals surface area contributed by atoms with Gasteiger partial charge in [-0.15, -0.1) is 0 Å². The molecule has 2 aromatic rings. The molecule has 0 radical (unpaired) electrons. The summed E-state index contributed by atoms with van der Waals surface area (Å²) in [5.74, 6) is -0.314. The Balaban J connectivity index is 1.42. The van der Waals surface area contributed by atoms with Crippen molar-refractivity contribution in [1.29, 1.82) is 0 Å². The van der Waals surface area contributed by atoms with Crippen molar-refractivity contribution in [2.45, 2.75) is 62.9 Å². The van der Waals surface area contributed by atoms with Crippen LogP contribution < -0.4 is 5.32 Å². The summed E-state index contributed by atoms with van der Waals surface area (Å²) in [6.45, 7) is 4.56. The van der Waals surface area contributed by atoms with Crippen molar-refractivity contribution in [2.75, 3.05) is 26.2 Å². The van der Waals surface area contributed by atoms with Gasteiger partial charge in [-0.05, 0) is 68.1 Å². The van der Waals surface area contributed by atoms with Crippen LogP contribution in [-0.2, 0) is 23.1 Å². The molecule has 2 heterocycles. The third-order valence-corrected chi connectivity index (χ3v) is 9.06. The van der Waals surface area contributed by atoms with Crippen molar-refractivity contribution in [3.05, 3.63) is 64.2 Å². The average molecular weight is 504 g/mol. The number of hydrogen-bond acceptors (Lipinski definition) is 4. The van der Waals surface area contributed by atoms with Crippen molar-refractivity contribution in [3.8, 4) is 0 Å². The first kappa shape index (κ1) is 25.2. The molecule has 184 valence electrons. The molecule has 34 heavy (non-hydrogen) atoms. The van der Waals surface area contributed by atoms with Crippen LogP contribution in [0.1, 0.15) is 66.4 Å². The van der Waals surface area contributed by atoms with Gasteiger partial charge < -0.3 is 5.32 Å². The Labute approximate surface area is 208 Å². The molecule has 0 saturated carbocycles. The fourth-order valence-electron chi connectivity index (χ4n) is 4.76. The maximum atomic E-state index is 13.2. The van der Waals surface area contributed by atoms with Crippen LogP contribution in [0.3, 0.4) is 0 Å². The zero-order valence-corrected chi connectivity index (χ0v) is 21.2. The van der Waals surface area contributed by atoms with Crippen LogP contribution >= 0.6 is 11.6 Å². The second-order valence-corrected chi connectivity index (χ2v) is 11.6. The number of sulfonamides is 1. The van der Waals surface area contributed by atoms with Crippen molar-refractivity contribution in [1.82, 2.24) is 14.5 Å². The van der Waals surface area contributed by atoms with Gasteiger partial charge in [0.05, 0.1) is 5.02 Å². The van der Waals surface area contributed by atoms with E-state index < -0.39 is 10.0 Å². The maximum absolute atomic E-state index is 13.2. The van der Waals surface area contributed by atoms with Gasteiger partial charge in [-0.3, -0.25) is 9.69 Å². The van der Waals surface area contributed by atoms with E-state index in [1.54, 1.807) is 6.07 Å². The summed E-state index contributed by atoms with van der Waals surface area (Å²) < 4.78 is 27.9. The molecule has 4 rings (SSSR count). The lowest BCUT2D eigenvalue weighted by molar-refractivity contribution is 0.0950. The first-order valence-electron chi connectivity index (χ1n) is 12.3. The number of halogens is 1. The molecular weight excluding hydrogens is 470 g/mol. The van der Waals surface area contributed by atoms with E-state index in [2.05, 4.69) is 22.3 Å². The van der Waals surface area contributed by atoms with E-state index >= 15 is 0 Å². The predicted molar refractivity (Wildman–Crippen MR) is 135 cm³/mol. The predicted octanol–water partition coefficient (Wildman–Crippen LogP) is 4.82. The molecule has 0 bridgehead atoms. The van der Waals surface area contributed by atoms with Gasteiger partial charge >= 0.3 is 0 Å². The minimum absolute atomic E-state index is 0.00671. The SMILES string of the molecule is O=C(NCc1cccc(CN2CCCCC2)c1)c1ccc(Cl)c(S(=O)(=O)N2CCCCCC2)c1. The number of piperidine rings is 1. The number of hydrogen-bond donors (Lipinski definition) is 1. The van der Waals surface area contributed by atoms with Crippen molar-refractivity contribution < 1.29 is 13.2 Å². The van der Waals surface area contributed by atoms with Gasteiger partial charge in [-0.2, -0.15) is 4.31 Å². The Morgan fingerprint density at radius 2 is 1.50 bits per heavy atom. The number of nitrogens with one attached hydrogen (secondary N) is 1. The standard InChI is InChI=1S/C26H34ClN3O3S/c27-24-12-11-23(18-25(24)34(32,33)30-15-6-1-2-7-16-30)26(31)28-19-21-9-8-10-22(17-21)20-29-13-4-3-5-14-29/h8-12,17-18H,1-7,13-16,19-20H2,(H,28,31). The van der Waals surface area contributed by atoms with Gasteiger partial charge in [0.15, 0.2) is 0 Å². The Kier molecular flexibility index (Phi) is 8.64. The van der Waals surface area contributed by atoms with Crippen LogP contribution in [0.25, 0.3) is 0 Å². The first-order valence-corrected chi connectivity index (χ1v) is 14.1. The highest BCUT2D eigenvalue weighted by molar-refractivity contribution is 7.89. The van der Waals surface area contributed by atoms with E-state index in [1.807, 2.05) is 12.1 Å². The minimum Gasteiger partial charge on any atom is -0.348 e. The van der Waals surface area contributed by atoms with Gasteiger partial charge in [0.2, 0.25) is 10.0 Å². The number of carbonyl (C=O) groups is 1. The number of amides is 1. The molecule has 2 aromatic carbocycles. The molecule has 1 amide bonds. The topological polar surface area (TPSA) is 69.7 Å². The van der Waals surface area contributed by atoms with Crippen molar-refractivity contribution in [2.24, 2.45) is 0 Å². The monoisotopic (exact) mass is 503 g/mol. The Morgan fingerprint density at radius 3 is 2.24 bits per heavy atom. The van der Waals surface area contributed by atoms with Crippen molar-refractivity contribution in [3.63, 3.8) is 0 Å². The van der Waals surface area contributed by atoms with Crippen LogP contribution in [0.5, 0.6) is 0 Å². The van der Waals surface area contributed by atoms with E-state index in [9.17, 15) is 13.2 Å². The first-order chi connectivity index (χ1) is 16.4. The van der Waals surface area contributed by atoms with Crippen LogP contribution in [0, 0.1) is 0 Å². The Hall–Kier alpha value is -1.93. The second-order valence-electron chi connectivity index (χ2n) is 9.30. The fourth-order valence-corrected chi connectivity index (χ4v) is 6.78. The average Bonchev–Trinajstić information content (AvgIpc) is 3.14. The zero-order valence-electron chi connectivity index (χ0n) is 19.6. The Morgan fingerprint density at radius 1 is 0.853 bits per heavy atom. The van der Waals surface area contributed by atoms with E-state index in [4.69, 9.17) is 11.6 Å². The molecule has 0 aliphatic carbocycles. The molecule has 2 aliphatic rings. The molecule has 0 aromatic heterocycles. The molecule has 2 aliphatic heterocycles. The van der Waals surface area contributed by atoms with E-state index in [0.29, 0.717) is 25.2 Å². The molecular formula is C26H34ClN3O3S. The number of rotatable bonds is 7. The molecule has 0 spiro atoms. The summed E-state index contributed by atoms with van der Waals surface area (Å²) in [6, 6.07) is 12.8. The highest BCUT2D eigenvalue weighted by atomic mass is 35.5. The van der Waals surface area contributed by atoms with Gasteiger partial charge in [0.1, 0.15) is 4.90 Å². The van der Waals surface area contributed by atoms with E-state index in [1.165, 1.54) is 41.3 Å². The summed E-state index contributed by atoms with van der Waals surface area (Å²) in [6.07, 6.45) is 7.57. The summed E-state index contributed by atoms with van der Waals surface area (Å²) >= 11 is 6.27. The highest BCUT2D eigenvalue weighted by Crippen LogP contribution is 2.27. The number of nitrogens with zero attached hydrogens (tertiary/aromatic N) is 2. The summed E-state index contributed by atoms with van der Waals surface area (Å²) in [7, 11) is -3.74. The number of carbonyl (C=O) groups excluding carboxylic acids is 1. The quantitative estimate of drug-likeness (QED) is 0.588. The largest absolute Gasteiger partial charge is 0.348 e. The van der Waals surface area contributed by atoms with Crippen molar-refractivity contribution >= 4 is 27.5 Å². The van der Waals surface area contributed by atoms with Crippen LogP contribution in [0.15, 0.2) is 47.4 Å². The number of likely N-dealkylation sites (tertiary alicyclic amines) is 1. The van der Waals surface area contributed by atoms with Gasteiger partial charge in [0, 0.05) is 31.7 Å². The van der Waals surface area contributed by atoms with Crippen LogP contribution in [0.2, 0.25) is 5.02 Å². The van der Waals surface area contributed by atoms with E-state index in [0.717, 1.165) is 50.9 Å². The molecule has 1 N–H and O–H groups in total. The van der Waals surface area contributed by atoms with Gasteiger partial charge in [-0.1, -0.05) is 55.1 Å². The highest BCUT2D eigenvalue weighted by Gasteiger charge is 2.28. The Bertz CT molecular complexity index is 1090. The third-order valence-electron chi connectivity index (χ3n) is 6.68. The lowest BCUT2D eigenvalue weighted by atomic mass is 10.1. The van der Waals surface area contributed by atoms with Crippen LogP contribution in [-0.4, -0.2) is 49.7 Å². The molecule has 2 saturated heterocycles. The third kappa shape index (κ3) is 6.39. The normalized spacial score (nSPS) is 18.4. The van der Waals surface area contributed by atoms with Crippen LogP contribution in [0.4, 0.5) is 0 Å². The molecule has 8 heteroatoms. The summed E-state index contributed by atoms with van der Waals surface area (Å²) in [5, 5.41) is 3.07. The molecule has 2 fully saturated rings. The lowest BCUT2D eigenvalue weighted by Crippen LogP contribution is -2.32. The minimum atomic E-state index is -3.74. The molecule has 0 unspecified atom stereocenters. The second kappa shape index (κ2) is 11.7. The molecule has 0 atom stereocenters. The van der Waals surface area contributed by atoms with Gasteiger partial charge in [0.25, 0.3) is 5.91 Å². The lowest BCUT2D eigenvalue weighted by Gasteiger charge is -2.26. The number of benzene rings is 2. The summed E-state index contributed by atoms with van der Waals surface area (Å²) in [5.41, 5.74) is 2.56.